The summed E-state index contributed by atoms with van der Waals surface area (Å²) >= 11 is 0. The van der Waals surface area contributed by atoms with Gasteiger partial charge in [0.1, 0.15) is 11.4 Å². The molecule has 0 atom stereocenters. The van der Waals surface area contributed by atoms with Gasteiger partial charge in [-0.05, 0) is 49.2 Å². The van der Waals surface area contributed by atoms with E-state index in [2.05, 4.69) is 19.9 Å². The summed E-state index contributed by atoms with van der Waals surface area (Å²) in [4.78, 5) is 28.9. The van der Waals surface area contributed by atoms with Crippen molar-refractivity contribution in [3.05, 3.63) is 78.0 Å². The zero-order chi connectivity index (χ0) is 18.9. The van der Waals surface area contributed by atoms with Gasteiger partial charge in [0.2, 0.25) is 11.7 Å². The summed E-state index contributed by atoms with van der Waals surface area (Å²) in [6, 6.07) is 14.6. The summed E-state index contributed by atoms with van der Waals surface area (Å²) in [5, 5.41) is 0. The first-order valence-corrected chi connectivity index (χ1v) is 9.36. The minimum absolute atomic E-state index is 0.155. The number of aromatic amines is 1. The first-order valence-electron chi connectivity index (χ1n) is 9.36. The van der Waals surface area contributed by atoms with Crippen molar-refractivity contribution in [3.63, 3.8) is 0 Å². The van der Waals surface area contributed by atoms with E-state index >= 15 is 0 Å². The second kappa shape index (κ2) is 6.88. The van der Waals surface area contributed by atoms with E-state index in [4.69, 9.17) is 4.74 Å². The molecule has 1 fully saturated rings. The number of carbonyl (C=O) groups is 1. The number of ether oxygens (including phenoxy) is 1. The van der Waals surface area contributed by atoms with Gasteiger partial charge >= 0.3 is 0 Å². The number of fused-ring (bicyclic) bond motifs is 1. The monoisotopic (exact) mass is 370 g/mol. The van der Waals surface area contributed by atoms with Gasteiger partial charge in [-0.3, -0.25) is 9.78 Å². The molecule has 6 nitrogen and oxygen atoms in total. The van der Waals surface area contributed by atoms with Gasteiger partial charge < -0.3 is 9.72 Å². The minimum Gasteiger partial charge on any atom is -0.437 e. The van der Waals surface area contributed by atoms with Crippen LogP contribution in [0.25, 0.3) is 11.0 Å². The van der Waals surface area contributed by atoms with Gasteiger partial charge in [-0.15, -0.1) is 0 Å². The third-order valence-corrected chi connectivity index (χ3v) is 5.12. The van der Waals surface area contributed by atoms with E-state index in [0.717, 1.165) is 29.6 Å². The van der Waals surface area contributed by atoms with Crippen molar-refractivity contribution >= 4 is 16.8 Å². The van der Waals surface area contributed by atoms with Crippen molar-refractivity contribution in [1.82, 2.24) is 19.9 Å². The van der Waals surface area contributed by atoms with Crippen molar-refractivity contribution in [3.8, 4) is 11.6 Å². The zero-order valence-electron chi connectivity index (χ0n) is 15.1. The fourth-order valence-electron chi connectivity index (χ4n) is 3.36. The number of benzene rings is 2. The predicted molar refractivity (Wildman–Crippen MR) is 105 cm³/mol. The fraction of sp³-hybridized carbons (Fsp3) is 0.182. The molecule has 2 aromatic heterocycles. The average molecular weight is 370 g/mol. The number of H-pyrrole nitrogens is 1. The maximum Gasteiger partial charge on any atom is 0.241 e. The Kier molecular flexibility index (Phi) is 4.09. The lowest BCUT2D eigenvalue weighted by molar-refractivity contribution is 0.103. The highest BCUT2D eigenvalue weighted by Crippen LogP contribution is 2.39. The molecule has 138 valence electrons. The number of hydrogen-bond acceptors (Lipinski definition) is 5. The average Bonchev–Trinajstić information content (AvgIpc) is 3.12. The summed E-state index contributed by atoms with van der Waals surface area (Å²) in [5.74, 6) is 1.77. The van der Waals surface area contributed by atoms with Gasteiger partial charge in [-0.2, -0.15) is 0 Å². The van der Waals surface area contributed by atoms with Crippen molar-refractivity contribution in [2.24, 2.45) is 0 Å². The van der Waals surface area contributed by atoms with Crippen molar-refractivity contribution < 1.29 is 9.53 Å². The Morgan fingerprint density at radius 2 is 1.79 bits per heavy atom. The Labute approximate surface area is 161 Å². The first kappa shape index (κ1) is 16.6. The van der Waals surface area contributed by atoms with Crippen LogP contribution in [0.4, 0.5) is 0 Å². The first-order chi connectivity index (χ1) is 13.8. The molecule has 1 N–H and O–H groups in total. The third-order valence-electron chi connectivity index (χ3n) is 5.12. The molecule has 0 unspecified atom stereocenters. The highest BCUT2D eigenvalue weighted by atomic mass is 16.5. The Bertz CT molecular complexity index is 1110. The number of rotatable bonds is 5. The van der Waals surface area contributed by atoms with E-state index in [-0.39, 0.29) is 5.78 Å². The summed E-state index contributed by atoms with van der Waals surface area (Å²) < 4.78 is 5.95. The molecule has 0 aliphatic heterocycles. The van der Waals surface area contributed by atoms with Crippen LogP contribution in [0.3, 0.4) is 0 Å². The standard InChI is InChI=1S/C22H18N4O2/c27-20(21-25-17-6-1-2-7-18(17)26-21)15-8-10-16(11-9-15)28-22-19(14-4-3-5-14)23-12-13-24-22/h1-2,6-14H,3-5H2,(H,25,26). The number of hydrogen-bond donors (Lipinski definition) is 1. The number of nitrogens with zero attached hydrogens (tertiary/aromatic N) is 3. The maximum atomic E-state index is 12.7. The normalized spacial score (nSPS) is 14.0. The lowest BCUT2D eigenvalue weighted by atomic mass is 9.83. The van der Waals surface area contributed by atoms with E-state index in [1.165, 1.54) is 6.42 Å². The van der Waals surface area contributed by atoms with Crippen LogP contribution in [0.2, 0.25) is 0 Å². The highest BCUT2D eigenvalue weighted by molar-refractivity contribution is 6.08. The van der Waals surface area contributed by atoms with Crippen LogP contribution in [0.15, 0.2) is 60.9 Å². The molecule has 0 radical (unpaired) electrons. The van der Waals surface area contributed by atoms with Gasteiger partial charge in [0.15, 0.2) is 5.82 Å². The van der Waals surface area contributed by atoms with Gasteiger partial charge in [0.25, 0.3) is 0 Å². The van der Waals surface area contributed by atoms with E-state index < -0.39 is 0 Å². The van der Waals surface area contributed by atoms with Gasteiger partial charge in [0, 0.05) is 23.9 Å². The summed E-state index contributed by atoms with van der Waals surface area (Å²) in [6.45, 7) is 0. The molecule has 5 rings (SSSR count). The van der Waals surface area contributed by atoms with Crippen molar-refractivity contribution in [2.75, 3.05) is 0 Å². The molecule has 0 amide bonds. The molecule has 1 aliphatic carbocycles. The fourth-order valence-corrected chi connectivity index (χ4v) is 3.36. The number of aromatic nitrogens is 4. The van der Waals surface area contributed by atoms with Crippen LogP contribution in [0, 0.1) is 0 Å². The highest BCUT2D eigenvalue weighted by Gasteiger charge is 2.25. The van der Waals surface area contributed by atoms with Gasteiger partial charge in [-0.1, -0.05) is 18.6 Å². The molecule has 1 saturated carbocycles. The molecule has 1 aliphatic rings. The summed E-state index contributed by atoms with van der Waals surface area (Å²) in [5.41, 5.74) is 3.08. The molecule has 28 heavy (non-hydrogen) atoms. The summed E-state index contributed by atoms with van der Waals surface area (Å²) in [6.07, 6.45) is 6.81. The largest absolute Gasteiger partial charge is 0.437 e. The van der Waals surface area contributed by atoms with E-state index in [0.29, 0.717) is 28.9 Å². The second-order valence-corrected chi connectivity index (χ2v) is 6.93. The molecule has 6 heteroatoms. The lowest BCUT2D eigenvalue weighted by Gasteiger charge is -2.25. The van der Waals surface area contributed by atoms with Gasteiger partial charge in [-0.25, -0.2) is 9.97 Å². The predicted octanol–water partition coefficient (Wildman–Crippen LogP) is 4.64. The third kappa shape index (κ3) is 3.03. The Balaban J connectivity index is 1.36. The van der Waals surface area contributed by atoms with Crippen molar-refractivity contribution in [2.45, 2.75) is 25.2 Å². The minimum atomic E-state index is -0.155. The Morgan fingerprint density at radius 1 is 1.00 bits per heavy atom. The van der Waals surface area contributed by atoms with Crippen molar-refractivity contribution in [1.29, 1.82) is 0 Å². The molecule has 0 bridgehead atoms. The van der Waals surface area contributed by atoms with E-state index in [9.17, 15) is 4.79 Å². The molecule has 2 heterocycles. The van der Waals surface area contributed by atoms with Gasteiger partial charge in [0.05, 0.1) is 11.0 Å². The van der Waals surface area contributed by atoms with E-state index in [1.54, 1.807) is 36.7 Å². The SMILES string of the molecule is O=C(c1ccc(Oc2nccnc2C2CCC2)cc1)c1nc2ccccc2[nH]1. The number of para-hydroxylation sites is 2. The van der Waals surface area contributed by atoms with E-state index in [1.807, 2.05) is 24.3 Å². The second-order valence-electron chi connectivity index (χ2n) is 6.93. The maximum absolute atomic E-state index is 12.7. The molecule has 0 spiro atoms. The Hall–Kier alpha value is -3.54. The van der Waals surface area contributed by atoms with Crippen LogP contribution in [-0.4, -0.2) is 25.7 Å². The smallest absolute Gasteiger partial charge is 0.241 e. The number of nitrogens with one attached hydrogen (secondary N) is 1. The molecular formula is C22H18N4O2. The van der Waals surface area contributed by atoms with Crippen LogP contribution in [0.5, 0.6) is 11.6 Å². The number of imidazole rings is 1. The topological polar surface area (TPSA) is 80.8 Å². The van der Waals surface area contributed by atoms with Crippen LogP contribution < -0.4 is 4.74 Å². The molecule has 0 saturated heterocycles. The zero-order valence-corrected chi connectivity index (χ0v) is 15.1. The molecule has 2 aromatic carbocycles. The lowest BCUT2D eigenvalue weighted by Crippen LogP contribution is -2.12. The van der Waals surface area contributed by atoms with Crippen LogP contribution >= 0.6 is 0 Å². The van der Waals surface area contributed by atoms with Crippen LogP contribution in [0.1, 0.15) is 47.1 Å². The molecular weight excluding hydrogens is 352 g/mol. The number of ketones is 1. The quantitative estimate of drug-likeness (QED) is 0.518. The number of carbonyl (C=O) groups excluding carboxylic acids is 1. The van der Waals surface area contributed by atoms with Crippen LogP contribution in [-0.2, 0) is 0 Å². The molecule has 4 aromatic rings. The Morgan fingerprint density at radius 3 is 2.54 bits per heavy atom. The summed E-state index contributed by atoms with van der Waals surface area (Å²) in [7, 11) is 0.